The van der Waals surface area contributed by atoms with Crippen LogP contribution in [-0.4, -0.2) is 42.2 Å². The third-order valence-corrected chi connectivity index (χ3v) is 3.75. The van der Waals surface area contributed by atoms with Crippen LogP contribution in [0.1, 0.15) is 11.6 Å². The molecule has 1 aromatic heterocycles. The van der Waals surface area contributed by atoms with Gasteiger partial charge in [0.05, 0.1) is 0 Å². The van der Waals surface area contributed by atoms with Gasteiger partial charge in [0.15, 0.2) is 0 Å². The van der Waals surface area contributed by atoms with Gasteiger partial charge in [-0.05, 0) is 12.1 Å². The van der Waals surface area contributed by atoms with Crippen LogP contribution in [0.2, 0.25) is 0 Å². The van der Waals surface area contributed by atoms with Crippen molar-refractivity contribution in [1.29, 1.82) is 5.26 Å². The Hall–Kier alpha value is -3.01. The lowest BCUT2D eigenvalue weighted by Crippen LogP contribution is -2.46. The van der Waals surface area contributed by atoms with Crippen LogP contribution in [0.5, 0.6) is 0 Å². The van der Waals surface area contributed by atoms with Gasteiger partial charge in [0.1, 0.15) is 12.5 Å². The third kappa shape index (κ3) is 3.26. The fourth-order valence-corrected chi connectivity index (χ4v) is 2.65. The van der Waals surface area contributed by atoms with Crippen molar-refractivity contribution in [3.63, 3.8) is 0 Å². The maximum atomic E-state index is 10.8. The van der Waals surface area contributed by atoms with Gasteiger partial charge in [0.25, 0.3) is 0 Å². The van der Waals surface area contributed by atoms with Crippen LogP contribution in [0.3, 0.4) is 0 Å². The van der Waals surface area contributed by atoms with E-state index in [9.17, 15) is 4.79 Å². The molecule has 0 aliphatic carbocycles. The molecule has 0 spiro atoms. The molecule has 7 heteroatoms. The van der Waals surface area contributed by atoms with Gasteiger partial charge in [-0.15, -0.1) is 0 Å². The molecule has 1 aliphatic heterocycles. The van der Waals surface area contributed by atoms with Crippen LogP contribution in [0.4, 0.5) is 11.6 Å². The molecule has 1 saturated heterocycles. The number of aliphatic carboxylic acids is 1. The Balaban J connectivity index is 1.71. The second kappa shape index (κ2) is 6.40. The smallest absolute Gasteiger partial charge is 0.312 e. The molecule has 0 bridgehead atoms. The van der Waals surface area contributed by atoms with Crippen molar-refractivity contribution in [1.82, 2.24) is 4.98 Å². The van der Waals surface area contributed by atoms with E-state index in [-0.39, 0.29) is 18.0 Å². The first-order chi connectivity index (χ1) is 11.2. The minimum Gasteiger partial charge on any atom is -0.481 e. The lowest BCUT2D eigenvalue weighted by Gasteiger charge is -2.35. The summed E-state index contributed by atoms with van der Waals surface area (Å²) in [6, 6.07) is 12.1. The summed E-state index contributed by atoms with van der Waals surface area (Å²) in [5, 5.41) is 18.0. The molecular formula is C16H16N4O3. The van der Waals surface area contributed by atoms with Gasteiger partial charge in [0.2, 0.25) is 17.5 Å². The molecule has 0 radical (unpaired) electrons. The summed E-state index contributed by atoms with van der Waals surface area (Å²) in [7, 11) is 0. The van der Waals surface area contributed by atoms with Crippen LogP contribution in [0.25, 0.3) is 0 Å². The Bertz CT molecular complexity index is 728. The number of carboxylic acid groups (broad SMARTS) is 1. The Labute approximate surface area is 133 Å². The lowest BCUT2D eigenvalue weighted by molar-refractivity contribution is -0.136. The maximum absolute atomic E-state index is 10.8. The minimum atomic E-state index is -1.03. The Morgan fingerprint density at radius 3 is 2.48 bits per heavy atom. The number of anilines is 2. The number of piperazine rings is 1. The van der Waals surface area contributed by atoms with Gasteiger partial charge in [-0.3, -0.25) is 4.79 Å². The number of aromatic nitrogens is 1. The first-order valence-electron chi connectivity index (χ1n) is 7.34. The maximum Gasteiger partial charge on any atom is 0.312 e. The van der Waals surface area contributed by atoms with E-state index in [2.05, 4.69) is 22.0 Å². The van der Waals surface area contributed by atoms with Crippen molar-refractivity contribution in [2.24, 2.45) is 0 Å². The van der Waals surface area contributed by atoms with E-state index >= 15 is 0 Å². The fraction of sp³-hybridized carbons (Fsp3) is 0.312. The van der Waals surface area contributed by atoms with Gasteiger partial charge in [-0.25, -0.2) is 0 Å². The predicted molar refractivity (Wildman–Crippen MR) is 83.4 cm³/mol. The van der Waals surface area contributed by atoms with Crippen LogP contribution in [0, 0.1) is 11.3 Å². The molecule has 3 rings (SSSR count). The monoisotopic (exact) mass is 312 g/mol. The second-order valence-electron chi connectivity index (χ2n) is 5.25. The molecule has 0 amide bonds. The van der Waals surface area contributed by atoms with Gasteiger partial charge < -0.3 is 19.3 Å². The first-order valence-corrected chi connectivity index (χ1v) is 7.34. The molecule has 0 atom stereocenters. The Morgan fingerprint density at radius 1 is 1.22 bits per heavy atom. The molecule has 2 aromatic rings. The number of para-hydroxylation sites is 1. The average molecular weight is 312 g/mol. The zero-order chi connectivity index (χ0) is 16.2. The van der Waals surface area contributed by atoms with E-state index in [1.165, 1.54) is 0 Å². The number of hydrogen-bond acceptors (Lipinski definition) is 6. The summed E-state index contributed by atoms with van der Waals surface area (Å²) in [5.74, 6) is -0.595. The van der Waals surface area contributed by atoms with E-state index in [0.717, 1.165) is 18.8 Å². The molecular weight excluding hydrogens is 296 g/mol. The molecule has 23 heavy (non-hydrogen) atoms. The number of nitriles is 1. The highest BCUT2D eigenvalue weighted by Crippen LogP contribution is 2.24. The van der Waals surface area contributed by atoms with Gasteiger partial charge in [0, 0.05) is 31.9 Å². The van der Waals surface area contributed by atoms with Gasteiger partial charge in [-0.1, -0.05) is 18.2 Å². The lowest BCUT2D eigenvalue weighted by atomic mass is 10.2. The molecule has 1 fully saturated rings. The van der Waals surface area contributed by atoms with Crippen molar-refractivity contribution >= 4 is 17.5 Å². The van der Waals surface area contributed by atoms with Crippen molar-refractivity contribution in [2.45, 2.75) is 6.42 Å². The van der Waals surface area contributed by atoms with Crippen LogP contribution < -0.4 is 9.80 Å². The number of hydrogen-bond donors (Lipinski definition) is 1. The summed E-state index contributed by atoms with van der Waals surface area (Å²) >= 11 is 0. The number of benzene rings is 1. The zero-order valence-corrected chi connectivity index (χ0v) is 12.5. The Morgan fingerprint density at radius 2 is 1.87 bits per heavy atom. The summed E-state index contributed by atoms with van der Waals surface area (Å²) < 4.78 is 5.49. The molecule has 0 saturated carbocycles. The summed E-state index contributed by atoms with van der Waals surface area (Å²) in [6.45, 7) is 2.96. The molecule has 1 aliphatic rings. The standard InChI is InChI=1S/C16H16N4O3/c17-11-13-16(23-14(18-13)10-15(21)22)20-8-6-19(7-9-20)12-4-2-1-3-5-12/h1-5H,6-10H2,(H,21,22). The number of carboxylic acids is 1. The normalized spacial score (nSPS) is 14.6. The second-order valence-corrected chi connectivity index (χ2v) is 5.25. The van der Waals surface area contributed by atoms with Crippen LogP contribution >= 0.6 is 0 Å². The van der Waals surface area contributed by atoms with E-state index in [1.54, 1.807) is 0 Å². The molecule has 118 valence electrons. The highest BCUT2D eigenvalue weighted by Gasteiger charge is 2.24. The van der Waals surface area contributed by atoms with E-state index in [4.69, 9.17) is 14.8 Å². The molecule has 1 N–H and O–H groups in total. The predicted octanol–water partition coefficient (Wildman–Crippen LogP) is 1.50. The first kappa shape index (κ1) is 14.9. The summed E-state index contributed by atoms with van der Waals surface area (Å²) in [5.41, 5.74) is 1.31. The third-order valence-electron chi connectivity index (χ3n) is 3.75. The fourth-order valence-electron chi connectivity index (χ4n) is 2.65. The van der Waals surface area contributed by atoms with Crippen molar-refractivity contribution in [3.05, 3.63) is 41.9 Å². The molecule has 1 aromatic carbocycles. The van der Waals surface area contributed by atoms with E-state index in [0.29, 0.717) is 19.0 Å². The SMILES string of the molecule is N#Cc1nc(CC(=O)O)oc1N1CCN(c2ccccc2)CC1. The highest BCUT2D eigenvalue weighted by atomic mass is 16.4. The van der Waals surface area contributed by atoms with Crippen molar-refractivity contribution in [3.8, 4) is 6.07 Å². The van der Waals surface area contributed by atoms with Gasteiger partial charge >= 0.3 is 5.97 Å². The largest absolute Gasteiger partial charge is 0.481 e. The number of nitrogens with zero attached hydrogens (tertiary/aromatic N) is 4. The quantitative estimate of drug-likeness (QED) is 0.914. The average Bonchev–Trinajstić information content (AvgIpc) is 2.98. The van der Waals surface area contributed by atoms with E-state index in [1.807, 2.05) is 29.2 Å². The number of oxazole rings is 1. The van der Waals surface area contributed by atoms with Crippen molar-refractivity contribution in [2.75, 3.05) is 36.0 Å². The zero-order valence-electron chi connectivity index (χ0n) is 12.5. The topological polar surface area (TPSA) is 93.6 Å². The van der Waals surface area contributed by atoms with Gasteiger partial charge in [-0.2, -0.15) is 10.2 Å². The van der Waals surface area contributed by atoms with Crippen molar-refractivity contribution < 1.29 is 14.3 Å². The summed E-state index contributed by atoms with van der Waals surface area (Å²) in [4.78, 5) is 18.9. The van der Waals surface area contributed by atoms with E-state index < -0.39 is 5.97 Å². The Kier molecular flexibility index (Phi) is 4.15. The minimum absolute atomic E-state index is 0.0644. The molecule has 2 heterocycles. The summed E-state index contributed by atoms with van der Waals surface area (Å²) in [6.07, 6.45) is -0.321. The molecule has 0 unspecified atom stereocenters. The number of rotatable bonds is 4. The van der Waals surface area contributed by atoms with Crippen LogP contribution in [0.15, 0.2) is 34.7 Å². The highest BCUT2D eigenvalue weighted by molar-refractivity contribution is 5.69. The van der Waals surface area contributed by atoms with Crippen LogP contribution in [-0.2, 0) is 11.2 Å². The number of carbonyl (C=O) groups is 1. The molecule has 7 nitrogen and oxygen atoms in total.